The number of carbonyl (C=O) groups is 2. The van der Waals surface area contributed by atoms with Crippen LogP contribution >= 0.6 is 0 Å². The highest BCUT2D eigenvalue weighted by atomic mass is 16.2. The summed E-state index contributed by atoms with van der Waals surface area (Å²) in [6, 6.07) is 5.61. The fourth-order valence-corrected chi connectivity index (χ4v) is 3.79. The number of pyridine rings is 1. The number of hydrogen-bond donors (Lipinski definition) is 2. The highest BCUT2D eigenvalue weighted by molar-refractivity contribution is 5.79. The molecule has 1 atom stereocenters. The lowest BCUT2D eigenvalue weighted by Crippen LogP contribution is -2.44. The molecule has 2 fully saturated rings. The molecule has 0 radical (unpaired) electrons. The summed E-state index contributed by atoms with van der Waals surface area (Å²) >= 11 is 0. The van der Waals surface area contributed by atoms with Gasteiger partial charge in [-0.25, -0.2) is 4.79 Å². The van der Waals surface area contributed by atoms with E-state index in [1.807, 2.05) is 30.0 Å². The van der Waals surface area contributed by atoms with E-state index >= 15 is 0 Å². The largest absolute Gasteiger partial charge is 0.340 e. The third-order valence-electron chi connectivity index (χ3n) is 5.17. The Morgan fingerprint density at radius 1 is 1.20 bits per heavy atom. The van der Waals surface area contributed by atoms with Crippen molar-refractivity contribution in [3.8, 4) is 0 Å². The Labute approximate surface area is 149 Å². The van der Waals surface area contributed by atoms with Gasteiger partial charge in [-0.15, -0.1) is 0 Å². The predicted molar refractivity (Wildman–Crippen MR) is 95.9 cm³/mol. The Morgan fingerprint density at radius 2 is 2.00 bits per heavy atom. The van der Waals surface area contributed by atoms with E-state index in [2.05, 4.69) is 15.6 Å². The molecular formula is C19H28N4O2. The van der Waals surface area contributed by atoms with E-state index < -0.39 is 0 Å². The number of urea groups is 1. The van der Waals surface area contributed by atoms with Gasteiger partial charge >= 0.3 is 6.03 Å². The lowest BCUT2D eigenvalue weighted by molar-refractivity contribution is -0.135. The van der Waals surface area contributed by atoms with Crippen LogP contribution in [0.15, 0.2) is 18.2 Å². The summed E-state index contributed by atoms with van der Waals surface area (Å²) in [7, 11) is 0. The molecule has 0 bridgehead atoms. The van der Waals surface area contributed by atoms with Crippen molar-refractivity contribution < 1.29 is 9.59 Å². The van der Waals surface area contributed by atoms with Gasteiger partial charge in [0, 0.05) is 30.7 Å². The molecular weight excluding hydrogens is 316 g/mol. The number of carbonyl (C=O) groups excluding carboxylic acids is 2. The Kier molecular flexibility index (Phi) is 5.89. The highest BCUT2D eigenvalue weighted by Crippen LogP contribution is 2.26. The van der Waals surface area contributed by atoms with Gasteiger partial charge in [-0.3, -0.25) is 9.78 Å². The number of likely N-dealkylation sites (tertiary alicyclic amines) is 1. The molecule has 1 aliphatic carbocycles. The summed E-state index contributed by atoms with van der Waals surface area (Å²) in [4.78, 5) is 30.9. The van der Waals surface area contributed by atoms with Gasteiger partial charge in [0.25, 0.3) is 0 Å². The lowest BCUT2D eigenvalue weighted by atomic mass is 9.88. The van der Waals surface area contributed by atoms with Crippen LogP contribution in [-0.4, -0.2) is 41.0 Å². The number of aryl methyl sites for hydroxylation is 1. The smallest absolute Gasteiger partial charge is 0.315 e. The quantitative estimate of drug-likeness (QED) is 0.880. The summed E-state index contributed by atoms with van der Waals surface area (Å²) < 4.78 is 0. The molecule has 2 N–H and O–H groups in total. The molecule has 1 aromatic heterocycles. The fourth-order valence-electron chi connectivity index (χ4n) is 3.79. The van der Waals surface area contributed by atoms with E-state index in [0.717, 1.165) is 37.2 Å². The zero-order valence-electron chi connectivity index (χ0n) is 15.0. The minimum atomic E-state index is -0.194. The van der Waals surface area contributed by atoms with Gasteiger partial charge in [0.15, 0.2) is 0 Å². The Balaban J connectivity index is 1.41. The Hall–Kier alpha value is -2.11. The molecule has 1 saturated heterocycles. The minimum absolute atomic E-state index is 0.0398. The van der Waals surface area contributed by atoms with Crippen molar-refractivity contribution in [1.29, 1.82) is 0 Å². The van der Waals surface area contributed by atoms with Crippen molar-refractivity contribution in [2.45, 2.75) is 58.0 Å². The highest BCUT2D eigenvalue weighted by Gasteiger charge is 2.31. The fraction of sp³-hybridized carbons (Fsp3) is 0.632. The first-order valence-corrected chi connectivity index (χ1v) is 9.37. The molecule has 2 aliphatic rings. The van der Waals surface area contributed by atoms with Crippen molar-refractivity contribution in [2.75, 3.05) is 13.1 Å². The average molecular weight is 344 g/mol. The number of rotatable bonds is 4. The first-order valence-electron chi connectivity index (χ1n) is 9.37. The molecule has 1 aromatic rings. The van der Waals surface area contributed by atoms with Crippen molar-refractivity contribution in [3.63, 3.8) is 0 Å². The van der Waals surface area contributed by atoms with Gasteiger partial charge in [-0.1, -0.05) is 25.3 Å². The third-order valence-corrected chi connectivity index (χ3v) is 5.17. The zero-order valence-corrected chi connectivity index (χ0v) is 15.0. The van der Waals surface area contributed by atoms with Gasteiger partial charge in [-0.2, -0.15) is 0 Å². The van der Waals surface area contributed by atoms with E-state index in [4.69, 9.17) is 0 Å². The summed E-state index contributed by atoms with van der Waals surface area (Å²) in [6.45, 7) is 3.72. The summed E-state index contributed by atoms with van der Waals surface area (Å²) in [6.07, 6.45) is 6.47. The van der Waals surface area contributed by atoms with E-state index in [1.54, 1.807) is 0 Å². The molecule has 6 heteroatoms. The van der Waals surface area contributed by atoms with Crippen LogP contribution in [0.4, 0.5) is 4.79 Å². The van der Waals surface area contributed by atoms with Crippen molar-refractivity contribution in [1.82, 2.24) is 20.5 Å². The summed E-state index contributed by atoms with van der Waals surface area (Å²) in [5.74, 6) is 0.488. The van der Waals surface area contributed by atoms with Crippen LogP contribution in [0, 0.1) is 12.8 Å². The maximum atomic E-state index is 12.6. The number of amides is 3. The van der Waals surface area contributed by atoms with Crippen LogP contribution in [0.5, 0.6) is 0 Å². The van der Waals surface area contributed by atoms with Gasteiger partial charge in [-0.05, 0) is 38.3 Å². The molecule has 6 nitrogen and oxygen atoms in total. The molecule has 1 aliphatic heterocycles. The predicted octanol–water partition coefficient (Wildman–Crippen LogP) is 2.37. The van der Waals surface area contributed by atoms with Gasteiger partial charge in [0.1, 0.15) is 0 Å². The molecule has 3 amide bonds. The second-order valence-corrected chi connectivity index (χ2v) is 7.20. The van der Waals surface area contributed by atoms with Crippen LogP contribution in [0.2, 0.25) is 0 Å². The first kappa shape index (κ1) is 17.7. The topological polar surface area (TPSA) is 74.3 Å². The van der Waals surface area contributed by atoms with Crippen LogP contribution in [0.3, 0.4) is 0 Å². The monoisotopic (exact) mass is 344 g/mol. The molecule has 2 heterocycles. The lowest BCUT2D eigenvalue weighted by Gasteiger charge is -2.26. The van der Waals surface area contributed by atoms with E-state index in [9.17, 15) is 9.59 Å². The molecule has 25 heavy (non-hydrogen) atoms. The van der Waals surface area contributed by atoms with Gasteiger partial charge in [0.2, 0.25) is 5.91 Å². The number of nitrogens with one attached hydrogen (secondary N) is 2. The van der Waals surface area contributed by atoms with Crippen molar-refractivity contribution in [2.24, 2.45) is 5.92 Å². The molecule has 3 rings (SSSR count). The van der Waals surface area contributed by atoms with Crippen LogP contribution in [0.1, 0.15) is 49.9 Å². The zero-order chi connectivity index (χ0) is 17.6. The van der Waals surface area contributed by atoms with Crippen LogP contribution in [-0.2, 0) is 11.3 Å². The van der Waals surface area contributed by atoms with Gasteiger partial charge in [0.05, 0.1) is 12.2 Å². The van der Waals surface area contributed by atoms with E-state index in [0.29, 0.717) is 13.1 Å². The molecule has 0 aromatic carbocycles. The first-order chi connectivity index (χ1) is 12.1. The van der Waals surface area contributed by atoms with Crippen molar-refractivity contribution >= 4 is 11.9 Å². The standard InChI is InChI=1S/C19H28N4O2/c1-14-6-5-9-16(21-14)12-20-19(25)22-17-10-11-23(13-17)18(24)15-7-3-2-4-8-15/h5-6,9,15,17H,2-4,7-8,10-13H2,1H3,(H2,20,22,25)/t17-/m1/s1. The summed E-state index contributed by atoms with van der Waals surface area (Å²) in [5.41, 5.74) is 1.78. The van der Waals surface area contributed by atoms with Crippen LogP contribution < -0.4 is 10.6 Å². The molecule has 0 spiro atoms. The normalized spacial score (nSPS) is 21.2. The maximum absolute atomic E-state index is 12.6. The third kappa shape index (κ3) is 4.94. The summed E-state index contributed by atoms with van der Waals surface area (Å²) in [5, 5.41) is 5.82. The average Bonchev–Trinajstić information content (AvgIpc) is 3.08. The number of hydrogen-bond acceptors (Lipinski definition) is 3. The molecule has 0 unspecified atom stereocenters. The Morgan fingerprint density at radius 3 is 2.76 bits per heavy atom. The van der Waals surface area contributed by atoms with E-state index in [1.165, 1.54) is 19.3 Å². The molecule has 1 saturated carbocycles. The number of nitrogens with zero attached hydrogens (tertiary/aromatic N) is 2. The Bertz CT molecular complexity index is 613. The van der Waals surface area contributed by atoms with E-state index in [-0.39, 0.29) is 23.9 Å². The second-order valence-electron chi connectivity index (χ2n) is 7.20. The maximum Gasteiger partial charge on any atom is 0.315 e. The van der Waals surface area contributed by atoms with Gasteiger partial charge < -0.3 is 15.5 Å². The van der Waals surface area contributed by atoms with Crippen molar-refractivity contribution in [3.05, 3.63) is 29.6 Å². The second kappa shape index (κ2) is 8.32. The van der Waals surface area contributed by atoms with Crippen LogP contribution in [0.25, 0.3) is 0 Å². The molecule has 136 valence electrons. The SMILES string of the molecule is Cc1cccc(CNC(=O)N[C@@H]2CCN(C(=O)C3CCCCC3)C2)n1. The number of aromatic nitrogens is 1. The minimum Gasteiger partial charge on any atom is -0.340 e.